The summed E-state index contributed by atoms with van der Waals surface area (Å²) in [4.78, 5) is 0. The molecule has 0 bridgehead atoms. The number of aliphatic hydroxyl groups excluding tert-OH is 1. The molecule has 1 aliphatic rings. The fourth-order valence-corrected chi connectivity index (χ4v) is 1.18. The average molecular weight is 134 g/mol. The van der Waals surface area contributed by atoms with Crippen LogP contribution in [0.5, 0.6) is 0 Å². The average Bonchev–Trinajstić information content (AvgIpc) is 2.14. The zero-order valence-electron chi connectivity index (χ0n) is 4.71. The molecule has 3 unspecified atom stereocenters. The lowest BCUT2D eigenvalue weighted by atomic mass is 10.2. The lowest BCUT2D eigenvalue weighted by Gasteiger charge is -2.01. The molecular weight excluding hydrogens is 123 g/mol. The van der Waals surface area contributed by atoms with E-state index in [9.17, 15) is 0 Å². The van der Waals surface area contributed by atoms with Gasteiger partial charge in [0.1, 0.15) is 0 Å². The zero-order chi connectivity index (χ0) is 5.98. The van der Waals surface area contributed by atoms with Gasteiger partial charge in [-0.15, -0.1) is 9.24 Å². The predicted octanol–water partition coefficient (Wildman–Crippen LogP) is 0.0113. The summed E-state index contributed by atoms with van der Waals surface area (Å²) in [5.74, 6) is 0. The molecular formula is C5H11O2P. The maximum atomic E-state index is 8.90. The molecule has 0 saturated carbocycles. The van der Waals surface area contributed by atoms with Gasteiger partial charge in [0.05, 0.1) is 18.8 Å². The van der Waals surface area contributed by atoms with E-state index in [1.54, 1.807) is 0 Å². The Balaban J connectivity index is 2.22. The Bertz CT molecular complexity index is 76.8. The highest BCUT2D eigenvalue weighted by atomic mass is 31.0. The van der Waals surface area contributed by atoms with Gasteiger partial charge in [0.2, 0.25) is 0 Å². The molecule has 1 heterocycles. The lowest BCUT2D eigenvalue weighted by Crippen LogP contribution is -2.06. The van der Waals surface area contributed by atoms with Crippen molar-refractivity contribution in [2.45, 2.75) is 18.6 Å². The molecule has 1 N–H and O–H groups in total. The molecule has 0 spiro atoms. The van der Waals surface area contributed by atoms with Crippen molar-refractivity contribution >= 4 is 9.24 Å². The molecule has 0 amide bonds. The second-order valence-electron chi connectivity index (χ2n) is 2.08. The van der Waals surface area contributed by atoms with Gasteiger partial charge >= 0.3 is 0 Å². The topological polar surface area (TPSA) is 29.5 Å². The van der Waals surface area contributed by atoms with Crippen molar-refractivity contribution in [1.29, 1.82) is 0 Å². The molecule has 8 heavy (non-hydrogen) atoms. The van der Waals surface area contributed by atoms with Crippen LogP contribution in [0.25, 0.3) is 0 Å². The highest BCUT2D eigenvalue weighted by Crippen LogP contribution is 2.14. The van der Waals surface area contributed by atoms with Crippen molar-refractivity contribution in [3.8, 4) is 0 Å². The van der Waals surface area contributed by atoms with Crippen LogP contribution < -0.4 is 0 Å². The fourth-order valence-electron chi connectivity index (χ4n) is 0.851. The lowest BCUT2D eigenvalue weighted by molar-refractivity contribution is 0.0990. The largest absolute Gasteiger partial charge is 0.391 e. The highest BCUT2D eigenvalue weighted by molar-refractivity contribution is 7.16. The summed E-state index contributed by atoms with van der Waals surface area (Å²) in [7, 11) is 2.60. The van der Waals surface area contributed by atoms with Crippen LogP contribution in [-0.4, -0.2) is 30.1 Å². The molecule has 0 aromatic heterocycles. The molecule has 0 radical (unpaired) electrons. The maximum Gasteiger partial charge on any atom is 0.0798 e. The number of rotatable bonds is 1. The second kappa shape index (κ2) is 2.77. The van der Waals surface area contributed by atoms with E-state index in [4.69, 9.17) is 9.84 Å². The molecule has 1 fully saturated rings. The summed E-state index contributed by atoms with van der Waals surface area (Å²) in [5.41, 5.74) is 0. The summed E-state index contributed by atoms with van der Waals surface area (Å²) in [6.07, 6.45) is 1.83. The number of hydrogen-bond donors (Lipinski definition) is 1. The number of aliphatic hydroxyl groups is 1. The van der Waals surface area contributed by atoms with Gasteiger partial charge in [-0.3, -0.25) is 0 Å². The molecule has 48 valence electrons. The van der Waals surface area contributed by atoms with E-state index in [1.165, 1.54) is 0 Å². The Labute approximate surface area is 51.4 Å². The third kappa shape index (κ3) is 1.41. The van der Waals surface area contributed by atoms with Crippen LogP contribution in [0, 0.1) is 0 Å². The van der Waals surface area contributed by atoms with Crippen LogP contribution in [-0.2, 0) is 4.74 Å². The first-order valence-electron chi connectivity index (χ1n) is 2.82. The maximum absolute atomic E-state index is 8.90. The highest BCUT2D eigenvalue weighted by Gasteiger charge is 2.21. The molecule has 3 heteroatoms. The zero-order valence-corrected chi connectivity index (χ0v) is 5.86. The van der Waals surface area contributed by atoms with E-state index >= 15 is 0 Å². The first kappa shape index (κ1) is 6.47. The van der Waals surface area contributed by atoms with Crippen molar-refractivity contribution in [2.24, 2.45) is 0 Å². The summed E-state index contributed by atoms with van der Waals surface area (Å²) < 4.78 is 5.14. The summed E-state index contributed by atoms with van der Waals surface area (Å²) in [6.45, 7) is 0.527. The van der Waals surface area contributed by atoms with Crippen LogP contribution in [0.3, 0.4) is 0 Å². The van der Waals surface area contributed by atoms with Crippen LogP contribution in [0.1, 0.15) is 6.42 Å². The van der Waals surface area contributed by atoms with Crippen molar-refractivity contribution in [2.75, 3.05) is 12.8 Å². The molecule has 1 rings (SSSR count). The van der Waals surface area contributed by atoms with Crippen LogP contribution in [0.2, 0.25) is 0 Å². The molecule has 1 saturated heterocycles. The van der Waals surface area contributed by atoms with Crippen molar-refractivity contribution in [3.63, 3.8) is 0 Å². The third-order valence-corrected chi connectivity index (χ3v) is 1.85. The summed E-state index contributed by atoms with van der Waals surface area (Å²) in [5, 5.41) is 8.90. The predicted molar refractivity (Wildman–Crippen MR) is 34.9 cm³/mol. The molecule has 2 nitrogen and oxygen atoms in total. The molecule has 0 aliphatic carbocycles. The quantitative estimate of drug-likeness (QED) is 0.512. The number of hydrogen-bond acceptors (Lipinski definition) is 2. The van der Waals surface area contributed by atoms with Gasteiger partial charge in [0.25, 0.3) is 0 Å². The van der Waals surface area contributed by atoms with E-state index in [2.05, 4.69) is 9.24 Å². The van der Waals surface area contributed by atoms with Crippen molar-refractivity contribution in [3.05, 3.63) is 0 Å². The minimum atomic E-state index is -0.208. The Morgan fingerprint density at radius 1 is 1.75 bits per heavy atom. The van der Waals surface area contributed by atoms with Gasteiger partial charge in [-0.2, -0.15) is 0 Å². The Hall–Kier alpha value is 0.350. The van der Waals surface area contributed by atoms with E-state index in [0.29, 0.717) is 6.61 Å². The minimum Gasteiger partial charge on any atom is -0.391 e. The van der Waals surface area contributed by atoms with Crippen LogP contribution in [0.4, 0.5) is 0 Å². The summed E-state index contributed by atoms with van der Waals surface area (Å²) in [6, 6.07) is 0. The normalized spacial score (nSPS) is 38.2. The van der Waals surface area contributed by atoms with E-state index in [1.807, 2.05) is 0 Å². The van der Waals surface area contributed by atoms with E-state index in [-0.39, 0.29) is 12.2 Å². The van der Waals surface area contributed by atoms with E-state index in [0.717, 1.165) is 12.6 Å². The molecule has 0 aromatic rings. The standard InChI is InChI=1S/C5H11O2P/c6-4-1-5(3-8)7-2-4/h4-6H,1-3,8H2. The van der Waals surface area contributed by atoms with Gasteiger partial charge in [-0.25, -0.2) is 0 Å². The monoisotopic (exact) mass is 134 g/mol. The Morgan fingerprint density at radius 2 is 2.50 bits per heavy atom. The van der Waals surface area contributed by atoms with Gasteiger partial charge in [-0.1, -0.05) is 0 Å². The SMILES string of the molecule is OC1COC(CP)C1. The molecule has 3 atom stereocenters. The second-order valence-corrected chi connectivity index (χ2v) is 2.55. The summed E-state index contributed by atoms with van der Waals surface area (Å²) >= 11 is 0. The minimum absolute atomic E-state index is 0.208. The van der Waals surface area contributed by atoms with Crippen LogP contribution in [0.15, 0.2) is 0 Å². The first-order valence-corrected chi connectivity index (χ1v) is 3.64. The van der Waals surface area contributed by atoms with Gasteiger partial charge in [0.15, 0.2) is 0 Å². The van der Waals surface area contributed by atoms with Crippen molar-refractivity contribution in [1.82, 2.24) is 0 Å². The Morgan fingerprint density at radius 3 is 2.75 bits per heavy atom. The molecule has 0 aromatic carbocycles. The van der Waals surface area contributed by atoms with Gasteiger partial charge in [-0.05, 0) is 6.16 Å². The van der Waals surface area contributed by atoms with E-state index < -0.39 is 0 Å². The van der Waals surface area contributed by atoms with Crippen LogP contribution >= 0.6 is 9.24 Å². The van der Waals surface area contributed by atoms with Gasteiger partial charge < -0.3 is 9.84 Å². The van der Waals surface area contributed by atoms with Gasteiger partial charge in [0, 0.05) is 6.42 Å². The Kier molecular flexibility index (Phi) is 2.24. The molecule has 1 aliphatic heterocycles. The third-order valence-electron chi connectivity index (χ3n) is 1.32. The first-order chi connectivity index (χ1) is 3.83. The smallest absolute Gasteiger partial charge is 0.0798 e. The fraction of sp³-hybridized carbons (Fsp3) is 1.00. The van der Waals surface area contributed by atoms with Crippen molar-refractivity contribution < 1.29 is 9.84 Å². The number of ether oxygens (including phenoxy) is 1.